The molecular formula is C30H23Cl2FN2O4S. The van der Waals surface area contributed by atoms with Crippen LogP contribution in [0.1, 0.15) is 36.6 Å². The maximum Gasteiger partial charge on any atom is 0.338 e. The number of para-hydroxylation sites is 1. The standard InChI is InChI=1S/C30H23Cl2FN2O4S/c1-3-38-29(37)26-17(2)34-30-35(27(26)19-9-11-21(33)12-10-19)28(36)25(40-30)15-20-6-4-5-7-24(20)39-16-18-8-13-22(31)23(32)14-18/h4-15,27H,3,16H2,1-2H3/b25-15-. The number of halogens is 3. The smallest absolute Gasteiger partial charge is 0.338 e. The van der Waals surface area contributed by atoms with E-state index >= 15 is 0 Å². The Hall–Kier alpha value is -3.72. The number of aromatic nitrogens is 1. The first kappa shape index (κ1) is 27.8. The van der Waals surface area contributed by atoms with Crippen LogP contribution in [0.2, 0.25) is 10.0 Å². The number of nitrogens with zero attached hydrogens (tertiary/aromatic N) is 2. The predicted octanol–water partition coefficient (Wildman–Crippen LogP) is 5.82. The first-order chi connectivity index (χ1) is 19.3. The predicted molar refractivity (Wildman–Crippen MR) is 154 cm³/mol. The molecule has 3 aromatic carbocycles. The molecule has 0 N–H and O–H groups in total. The lowest BCUT2D eigenvalue weighted by atomic mass is 9.96. The van der Waals surface area contributed by atoms with Crippen LogP contribution < -0.4 is 19.6 Å². The second-order valence-electron chi connectivity index (χ2n) is 8.93. The van der Waals surface area contributed by atoms with Gasteiger partial charge in [0.1, 0.15) is 18.2 Å². The van der Waals surface area contributed by atoms with Crippen LogP contribution in [0.3, 0.4) is 0 Å². The Morgan fingerprint density at radius 2 is 1.85 bits per heavy atom. The maximum atomic E-state index is 13.8. The number of thiazole rings is 1. The molecule has 0 radical (unpaired) electrons. The van der Waals surface area contributed by atoms with Gasteiger partial charge in [0, 0.05) is 5.56 Å². The van der Waals surface area contributed by atoms with Gasteiger partial charge in [-0.2, -0.15) is 0 Å². The number of hydrogen-bond acceptors (Lipinski definition) is 6. The number of rotatable bonds is 7. The average Bonchev–Trinajstić information content (AvgIpc) is 3.24. The molecule has 0 saturated heterocycles. The molecule has 4 aromatic rings. The van der Waals surface area contributed by atoms with Crippen molar-refractivity contribution in [2.75, 3.05) is 6.61 Å². The van der Waals surface area contributed by atoms with E-state index in [1.807, 2.05) is 30.3 Å². The SMILES string of the molecule is CCOC(=O)C1=C(C)N=c2s/c(=C\c3ccccc3OCc3ccc(Cl)c(Cl)c3)c(=O)n2C1c1ccc(F)cc1. The van der Waals surface area contributed by atoms with Crippen LogP contribution in [0, 0.1) is 5.82 Å². The molecule has 0 amide bonds. The van der Waals surface area contributed by atoms with Crippen molar-refractivity contribution in [1.29, 1.82) is 0 Å². The monoisotopic (exact) mass is 596 g/mol. The van der Waals surface area contributed by atoms with Crippen molar-refractivity contribution in [3.05, 3.63) is 130 Å². The van der Waals surface area contributed by atoms with E-state index in [4.69, 9.17) is 32.7 Å². The molecule has 10 heteroatoms. The van der Waals surface area contributed by atoms with E-state index in [1.165, 1.54) is 28.0 Å². The highest BCUT2D eigenvalue weighted by atomic mass is 35.5. The van der Waals surface area contributed by atoms with Gasteiger partial charge in [-0.05, 0) is 61.4 Å². The Bertz CT molecular complexity index is 1810. The molecule has 6 nitrogen and oxygen atoms in total. The van der Waals surface area contributed by atoms with Gasteiger partial charge in [-0.15, -0.1) is 0 Å². The zero-order valence-corrected chi connectivity index (χ0v) is 23.8. The minimum atomic E-state index is -0.820. The number of carbonyl (C=O) groups is 1. The van der Waals surface area contributed by atoms with Crippen LogP contribution >= 0.6 is 34.5 Å². The number of esters is 1. The Balaban J connectivity index is 1.58. The van der Waals surface area contributed by atoms with Crippen LogP contribution in [0.25, 0.3) is 6.08 Å². The zero-order chi connectivity index (χ0) is 28.4. The molecule has 0 aliphatic carbocycles. The number of benzene rings is 3. The molecule has 0 saturated carbocycles. The molecule has 1 unspecified atom stereocenters. The van der Waals surface area contributed by atoms with Crippen LogP contribution in [-0.2, 0) is 16.1 Å². The van der Waals surface area contributed by atoms with Crippen LogP contribution in [-0.4, -0.2) is 17.1 Å². The summed E-state index contributed by atoms with van der Waals surface area (Å²) in [4.78, 5) is 31.8. The van der Waals surface area contributed by atoms with Crippen molar-refractivity contribution < 1.29 is 18.7 Å². The van der Waals surface area contributed by atoms with Gasteiger partial charge in [-0.3, -0.25) is 9.36 Å². The molecule has 1 aromatic heterocycles. The molecule has 1 atom stereocenters. The van der Waals surface area contributed by atoms with Gasteiger partial charge in [0.2, 0.25) is 0 Å². The fourth-order valence-electron chi connectivity index (χ4n) is 4.41. The lowest BCUT2D eigenvalue weighted by molar-refractivity contribution is -0.139. The fourth-order valence-corrected chi connectivity index (χ4v) is 5.77. The van der Waals surface area contributed by atoms with E-state index in [-0.39, 0.29) is 24.3 Å². The molecule has 5 rings (SSSR count). The zero-order valence-electron chi connectivity index (χ0n) is 21.5. The summed E-state index contributed by atoms with van der Waals surface area (Å²) in [5.41, 5.74) is 2.42. The molecule has 1 aliphatic rings. The largest absolute Gasteiger partial charge is 0.488 e. The van der Waals surface area contributed by atoms with Crippen molar-refractivity contribution in [3.63, 3.8) is 0 Å². The summed E-state index contributed by atoms with van der Waals surface area (Å²) in [7, 11) is 0. The summed E-state index contributed by atoms with van der Waals surface area (Å²) < 4.78 is 27.0. The normalized spacial score (nSPS) is 15.0. The second kappa shape index (κ2) is 11.8. The van der Waals surface area contributed by atoms with Gasteiger partial charge in [-0.1, -0.05) is 70.9 Å². The van der Waals surface area contributed by atoms with E-state index in [2.05, 4.69) is 4.99 Å². The molecule has 0 fully saturated rings. The Kier molecular flexibility index (Phi) is 8.21. The van der Waals surface area contributed by atoms with Crippen molar-refractivity contribution in [2.45, 2.75) is 26.5 Å². The van der Waals surface area contributed by atoms with Crippen molar-refractivity contribution in [2.24, 2.45) is 4.99 Å². The van der Waals surface area contributed by atoms with Gasteiger partial charge >= 0.3 is 5.97 Å². The average molecular weight is 597 g/mol. The highest BCUT2D eigenvalue weighted by Crippen LogP contribution is 2.31. The van der Waals surface area contributed by atoms with E-state index in [0.717, 1.165) is 5.56 Å². The van der Waals surface area contributed by atoms with Crippen molar-refractivity contribution >= 4 is 46.6 Å². The van der Waals surface area contributed by atoms with Crippen molar-refractivity contribution in [1.82, 2.24) is 4.57 Å². The summed E-state index contributed by atoms with van der Waals surface area (Å²) in [6.45, 7) is 3.81. The quantitative estimate of drug-likeness (QED) is 0.252. The summed E-state index contributed by atoms with van der Waals surface area (Å²) in [6.07, 6.45) is 1.74. The highest BCUT2D eigenvalue weighted by molar-refractivity contribution is 7.07. The van der Waals surface area contributed by atoms with Gasteiger partial charge < -0.3 is 9.47 Å². The summed E-state index contributed by atoms with van der Waals surface area (Å²) in [6, 6.07) is 17.5. The minimum Gasteiger partial charge on any atom is -0.488 e. The first-order valence-electron chi connectivity index (χ1n) is 12.4. The summed E-state index contributed by atoms with van der Waals surface area (Å²) in [5, 5.41) is 0.895. The molecule has 0 spiro atoms. The van der Waals surface area contributed by atoms with Crippen LogP contribution in [0.4, 0.5) is 4.39 Å². The minimum absolute atomic E-state index is 0.162. The Labute approximate surface area is 243 Å². The van der Waals surface area contributed by atoms with Gasteiger partial charge in [0.25, 0.3) is 5.56 Å². The third kappa shape index (κ3) is 5.61. The van der Waals surface area contributed by atoms with Crippen LogP contribution in [0.5, 0.6) is 5.75 Å². The third-order valence-corrected chi connectivity index (χ3v) is 8.01. The molecule has 204 valence electrons. The number of carbonyl (C=O) groups excluding carboxylic acids is 1. The first-order valence-corrected chi connectivity index (χ1v) is 13.9. The number of allylic oxidation sites excluding steroid dienone is 1. The maximum absolute atomic E-state index is 13.8. The molecule has 40 heavy (non-hydrogen) atoms. The fraction of sp³-hybridized carbons (Fsp3) is 0.167. The Morgan fingerprint density at radius 1 is 1.10 bits per heavy atom. The van der Waals surface area contributed by atoms with Gasteiger partial charge in [-0.25, -0.2) is 14.2 Å². The second-order valence-corrected chi connectivity index (χ2v) is 10.8. The lowest BCUT2D eigenvalue weighted by Crippen LogP contribution is -2.39. The van der Waals surface area contributed by atoms with Gasteiger partial charge in [0.15, 0.2) is 4.80 Å². The van der Waals surface area contributed by atoms with E-state index in [1.54, 1.807) is 44.2 Å². The highest BCUT2D eigenvalue weighted by Gasteiger charge is 2.33. The van der Waals surface area contributed by atoms with Gasteiger partial charge in [0.05, 0.1) is 38.5 Å². The summed E-state index contributed by atoms with van der Waals surface area (Å²) in [5.74, 6) is -0.432. The van der Waals surface area contributed by atoms with Crippen LogP contribution in [0.15, 0.2) is 87.8 Å². The van der Waals surface area contributed by atoms with E-state index < -0.39 is 17.8 Å². The molecule has 1 aliphatic heterocycles. The van der Waals surface area contributed by atoms with Crippen molar-refractivity contribution in [3.8, 4) is 5.75 Å². The summed E-state index contributed by atoms with van der Waals surface area (Å²) >= 11 is 13.3. The number of hydrogen-bond donors (Lipinski definition) is 0. The molecular weight excluding hydrogens is 574 g/mol. The topological polar surface area (TPSA) is 69.9 Å². The number of fused-ring (bicyclic) bond motifs is 1. The number of ether oxygens (including phenoxy) is 2. The molecule has 0 bridgehead atoms. The van der Waals surface area contributed by atoms with E-state index in [9.17, 15) is 14.0 Å². The van der Waals surface area contributed by atoms with E-state index in [0.29, 0.717) is 42.0 Å². The molecule has 2 heterocycles. The lowest BCUT2D eigenvalue weighted by Gasteiger charge is -2.24. The third-order valence-electron chi connectivity index (χ3n) is 6.29. The Morgan fingerprint density at radius 3 is 2.58 bits per heavy atom.